The number of anilines is 1. The molecule has 0 fully saturated rings. The molecule has 100 valence electrons. The van der Waals surface area contributed by atoms with Crippen molar-refractivity contribution in [2.45, 2.75) is 19.9 Å². The lowest BCUT2D eigenvalue weighted by molar-refractivity contribution is -0.121. The third-order valence-corrected chi connectivity index (χ3v) is 2.72. The molecule has 6 nitrogen and oxygen atoms in total. The molecular weight excluding hydrogens is 242 g/mol. The summed E-state index contributed by atoms with van der Waals surface area (Å²) in [6, 6.07) is 8.27. The average molecular weight is 259 g/mol. The molecule has 0 aliphatic heterocycles. The van der Waals surface area contributed by atoms with Gasteiger partial charge in [0.1, 0.15) is 6.54 Å². The summed E-state index contributed by atoms with van der Waals surface area (Å²) in [5, 5.41) is 10.2. The van der Waals surface area contributed by atoms with Crippen molar-refractivity contribution in [1.82, 2.24) is 20.3 Å². The van der Waals surface area contributed by atoms with Crippen LogP contribution >= 0.6 is 0 Å². The molecule has 0 unspecified atom stereocenters. The monoisotopic (exact) mass is 259 g/mol. The van der Waals surface area contributed by atoms with Crippen LogP contribution < -0.4 is 11.1 Å². The van der Waals surface area contributed by atoms with E-state index in [4.69, 9.17) is 5.73 Å². The standard InChI is InChI=1S/C13H17N5O/c1-10-2-4-11(5-3-10)6-7-15-13(19)9-18-8-12(14)16-17-18/h2-5,8H,6-7,9,14H2,1H3,(H,15,19). The summed E-state index contributed by atoms with van der Waals surface area (Å²) < 4.78 is 1.41. The minimum absolute atomic E-state index is 0.1000. The fourth-order valence-electron chi connectivity index (χ4n) is 1.69. The van der Waals surface area contributed by atoms with E-state index < -0.39 is 0 Å². The van der Waals surface area contributed by atoms with Crippen molar-refractivity contribution < 1.29 is 4.79 Å². The fourth-order valence-corrected chi connectivity index (χ4v) is 1.69. The molecule has 1 aromatic heterocycles. The van der Waals surface area contributed by atoms with E-state index in [0.717, 1.165) is 6.42 Å². The number of amides is 1. The van der Waals surface area contributed by atoms with E-state index in [2.05, 4.69) is 46.8 Å². The zero-order chi connectivity index (χ0) is 13.7. The Morgan fingerprint density at radius 2 is 2.11 bits per heavy atom. The number of hydrogen-bond donors (Lipinski definition) is 2. The van der Waals surface area contributed by atoms with E-state index in [1.807, 2.05) is 0 Å². The molecule has 19 heavy (non-hydrogen) atoms. The van der Waals surface area contributed by atoms with Gasteiger partial charge in [-0.15, -0.1) is 5.10 Å². The minimum atomic E-state index is -0.1000. The molecule has 1 heterocycles. The van der Waals surface area contributed by atoms with E-state index in [0.29, 0.717) is 12.4 Å². The predicted molar refractivity (Wildman–Crippen MR) is 72.3 cm³/mol. The van der Waals surface area contributed by atoms with Crippen molar-refractivity contribution in [2.24, 2.45) is 0 Å². The number of rotatable bonds is 5. The molecule has 2 aromatic rings. The molecule has 0 radical (unpaired) electrons. The molecule has 0 aliphatic carbocycles. The van der Waals surface area contributed by atoms with Crippen LogP contribution in [-0.4, -0.2) is 27.4 Å². The Kier molecular flexibility index (Phi) is 4.12. The third kappa shape index (κ3) is 4.09. The van der Waals surface area contributed by atoms with Crippen LogP contribution in [0.4, 0.5) is 5.82 Å². The van der Waals surface area contributed by atoms with E-state index >= 15 is 0 Å². The Balaban J connectivity index is 1.73. The first-order valence-electron chi connectivity index (χ1n) is 6.11. The number of aromatic nitrogens is 3. The number of benzene rings is 1. The molecule has 0 saturated carbocycles. The van der Waals surface area contributed by atoms with Crippen molar-refractivity contribution in [3.8, 4) is 0 Å². The number of aryl methyl sites for hydroxylation is 1. The molecule has 0 bridgehead atoms. The second-order valence-corrected chi connectivity index (χ2v) is 4.43. The van der Waals surface area contributed by atoms with Gasteiger partial charge in [-0.2, -0.15) is 0 Å². The lowest BCUT2D eigenvalue weighted by atomic mass is 10.1. The molecular formula is C13H17N5O. The molecule has 2 rings (SSSR count). The summed E-state index contributed by atoms with van der Waals surface area (Å²) in [6.45, 7) is 2.79. The van der Waals surface area contributed by atoms with Crippen LogP contribution in [-0.2, 0) is 17.8 Å². The van der Waals surface area contributed by atoms with Crippen LogP contribution in [0.25, 0.3) is 0 Å². The van der Waals surface area contributed by atoms with Crippen LogP contribution in [0.2, 0.25) is 0 Å². The quantitative estimate of drug-likeness (QED) is 0.820. The molecule has 6 heteroatoms. The van der Waals surface area contributed by atoms with Gasteiger partial charge in [0.05, 0.1) is 6.20 Å². The summed E-state index contributed by atoms with van der Waals surface area (Å²) in [5.74, 6) is 0.212. The topological polar surface area (TPSA) is 85.8 Å². The first kappa shape index (κ1) is 13.1. The maximum atomic E-state index is 11.6. The number of hydrogen-bond acceptors (Lipinski definition) is 4. The number of nitrogen functional groups attached to an aromatic ring is 1. The first-order chi connectivity index (χ1) is 9.13. The van der Waals surface area contributed by atoms with Crippen LogP contribution in [0, 0.1) is 6.92 Å². The van der Waals surface area contributed by atoms with Crippen LogP contribution in [0.1, 0.15) is 11.1 Å². The lowest BCUT2D eigenvalue weighted by Gasteiger charge is -2.05. The van der Waals surface area contributed by atoms with Crippen LogP contribution in [0.5, 0.6) is 0 Å². The van der Waals surface area contributed by atoms with Crippen LogP contribution in [0.15, 0.2) is 30.5 Å². The zero-order valence-electron chi connectivity index (χ0n) is 10.8. The highest BCUT2D eigenvalue weighted by Crippen LogP contribution is 2.03. The normalized spacial score (nSPS) is 10.4. The molecule has 1 amide bonds. The largest absolute Gasteiger partial charge is 0.381 e. The minimum Gasteiger partial charge on any atom is -0.381 e. The molecule has 3 N–H and O–H groups in total. The van der Waals surface area contributed by atoms with Gasteiger partial charge in [0.2, 0.25) is 5.91 Å². The van der Waals surface area contributed by atoms with Gasteiger partial charge in [0.25, 0.3) is 0 Å². The SMILES string of the molecule is Cc1ccc(CCNC(=O)Cn2cc(N)nn2)cc1. The predicted octanol–water partition coefficient (Wildman–Crippen LogP) is 0.528. The Labute approximate surface area is 111 Å². The van der Waals surface area contributed by atoms with E-state index in [1.165, 1.54) is 22.0 Å². The fraction of sp³-hybridized carbons (Fsp3) is 0.308. The smallest absolute Gasteiger partial charge is 0.241 e. The van der Waals surface area contributed by atoms with Gasteiger partial charge in [0.15, 0.2) is 5.82 Å². The van der Waals surface area contributed by atoms with E-state index in [9.17, 15) is 4.79 Å². The molecule has 0 saturated heterocycles. The van der Waals surface area contributed by atoms with Gasteiger partial charge in [-0.3, -0.25) is 4.79 Å². The highest BCUT2D eigenvalue weighted by Gasteiger charge is 2.04. The second-order valence-electron chi connectivity index (χ2n) is 4.43. The Bertz CT molecular complexity index is 546. The van der Waals surface area contributed by atoms with Gasteiger partial charge in [-0.05, 0) is 18.9 Å². The number of carbonyl (C=O) groups excluding carboxylic acids is 1. The summed E-state index contributed by atoms with van der Waals surface area (Å²) in [7, 11) is 0. The van der Waals surface area contributed by atoms with Crippen LogP contribution in [0.3, 0.4) is 0 Å². The summed E-state index contributed by atoms with van der Waals surface area (Å²) in [4.78, 5) is 11.6. The Hall–Kier alpha value is -2.37. The molecule has 0 spiro atoms. The highest BCUT2D eigenvalue weighted by molar-refractivity contribution is 5.75. The average Bonchev–Trinajstić information content (AvgIpc) is 2.77. The number of nitrogens with one attached hydrogen (secondary N) is 1. The molecule has 1 aromatic carbocycles. The maximum Gasteiger partial charge on any atom is 0.241 e. The van der Waals surface area contributed by atoms with Crippen molar-refractivity contribution in [3.63, 3.8) is 0 Å². The second kappa shape index (κ2) is 5.99. The van der Waals surface area contributed by atoms with Gasteiger partial charge >= 0.3 is 0 Å². The Morgan fingerprint density at radius 1 is 1.37 bits per heavy atom. The van der Waals surface area contributed by atoms with Crippen molar-refractivity contribution >= 4 is 11.7 Å². The highest BCUT2D eigenvalue weighted by atomic mass is 16.2. The maximum absolute atomic E-state index is 11.6. The van der Waals surface area contributed by atoms with Crippen molar-refractivity contribution in [2.75, 3.05) is 12.3 Å². The zero-order valence-corrected chi connectivity index (χ0v) is 10.8. The van der Waals surface area contributed by atoms with Gasteiger partial charge in [0, 0.05) is 6.54 Å². The van der Waals surface area contributed by atoms with Gasteiger partial charge in [-0.1, -0.05) is 35.0 Å². The number of carbonyl (C=O) groups is 1. The van der Waals surface area contributed by atoms with Gasteiger partial charge < -0.3 is 11.1 Å². The molecule has 0 atom stereocenters. The van der Waals surface area contributed by atoms with E-state index in [-0.39, 0.29) is 12.5 Å². The summed E-state index contributed by atoms with van der Waals surface area (Å²) in [5.41, 5.74) is 7.85. The van der Waals surface area contributed by atoms with E-state index in [1.54, 1.807) is 0 Å². The Morgan fingerprint density at radius 3 is 2.74 bits per heavy atom. The number of nitrogens with zero attached hydrogens (tertiary/aromatic N) is 3. The third-order valence-electron chi connectivity index (χ3n) is 2.72. The molecule has 0 aliphatic rings. The summed E-state index contributed by atoms with van der Waals surface area (Å²) in [6.07, 6.45) is 2.34. The van der Waals surface area contributed by atoms with Crippen molar-refractivity contribution in [3.05, 3.63) is 41.6 Å². The summed E-state index contributed by atoms with van der Waals surface area (Å²) >= 11 is 0. The number of nitrogens with two attached hydrogens (primary N) is 1. The van der Waals surface area contributed by atoms with Crippen molar-refractivity contribution in [1.29, 1.82) is 0 Å². The van der Waals surface area contributed by atoms with Gasteiger partial charge in [-0.25, -0.2) is 4.68 Å². The first-order valence-corrected chi connectivity index (χ1v) is 6.11. The lowest BCUT2D eigenvalue weighted by Crippen LogP contribution is -2.29.